The first-order valence-corrected chi connectivity index (χ1v) is 8.39. The van der Waals surface area contributed by atoms with Crippen LogP contribution >= 0.6 is 0 Å². The number of aromatic nitrogens is 3. The number of hydrogen-bond donors (Lipinski definition) is 3. The molecule has 2 aliphatic rings. The number of nitrogens with zero attached hydrogens (tertiary/aromatic N) is 3. The second kappa shape index (κ2) is 4.93. The van der Waals surface area contributed by atoms with Crippen LogP contribution in [0.2, 0.25) is 0 Å². The Bertz CT molecular complexity index is 906. The SMILES string of the molecule is CC(C)(C)C(=O)O[C@H]1[C@H]2O[C@@](C)(c3ccc4c(N)ncnn34)[C@H](O)[C@]21O. The summed E-state index contributed by atoms with van der Waals surface area (Å²) in [5.74, 6) is -0.167. The standard InChI is InChI=1S/C17H22N4O5/c1-15(2,3)14(23)25-10-11-17(10,24)13(22)16(4,26-11)9-6-5-8-12(18)19-7-20-21(8)9/h5-7,10-11,13,22,24H,1-4H3,(H2,18,19,20)/t10-,11+,13-,16-,17+/m0/s1. The van der Waals surface area contributed by atoms with Gasteiger partial charge in [0.2, 0.25) is 0 Å². The number of aliphatic hydroxyl groups is 2. The Labute approximate surface area is 149 Å². The molecule has 1 saturated heterocycles. The van der Waals surface area contributed by atoms with Gasteiger partial charge in [-0.1, -0.05) is 0 Å². The summed E-state index contributed by atoms with van der Waals surface area (Å²) in [7, 11) is 0. The van der Waals surface area contributed by atoms with Gasteiger partial charge in [-0.2, -0.15) is 5.10 Å². The lowest BCUT2D eigenvalue weighted by molar-refractivity contribution is -0.171. The molecule has 26 heavy (non-hydrogen) atoms. The molecule has 5 atom stereocenters. The number of carbonyl (C=O) groups excluding carboxylic acids is 1. The van der Waals surface area contributed by atoms with Crippen LogP contribution in [0.25, 0.3) is 5.52 Å². The van der Waals surface area contributed by atoms with Crippen LogP contribution in [0.15, 0.2) is 18.5 Å². The van der Waals surface area contributed by atoms with Crippen LogP contribution < -0.4 is 5.73 Å². The molecule has 0 aromatic carbocycles. The largest absolute Gasteiger partial charge is 0.456 e. The number of anilines is 1. The van der Waals surface area contributed by atoms with E-state index in [1.165, 1.54) is 10.8 Å². The van der Waals surface area contributed by atoms with Crippen molar-refractivity contribution in [1.29, 1.82) is 0 Å². The first kappa shape index (κ1) is 17.2. The molecule has 9 nitrogen and oxygen atoms in total. The number of nitrogen functional groups attached to an aromatic ring is 1. The highest BCUT2D eigenvalue weighted by Crippen LogP contribution is 2.59. The Morgan fingerprint density at radius 2 is 2.12 bits per heavy atom. The van der Waals surface area contributed by atoms with Crippen LogP contribution in [0.1, 0.15) is 33.4 Å². The van der Waals surface area contributed by atoms with Crippen LogP contribution in [0.5, 0.6) is 0 Å². The summed E-state index contributed by atoms with van der Waals surface area (Å²) in [6, 6.07) is 3.44. The topological polar surface area (TPSA) is 132 Å². The number of fused-ring (bicyclic) bond motifs is 2. The Kier molecular flexibility index (Phi) is 3.26. The van der Waals surface area contributed by atoms with E-state index in [0.717, 1.165) is 0 Å². The number of aliphatic hydroxyl groups excluding tert-OH is 1. The fourth-order valence-corrected chi connectivity index (χ4v) is 3.55. The van der Waals surface area contributed by atoms with Crippen molar-refractivity contribution < 1.29 is 24.5 Å². The smallest absolute Gasteiger partial charge is 0.311 e. The molecule has 2 aromatic heterocycles. The van der Waals surface area contributed by atoms with Gasteiger partial charge >= 0.3 is 5.97 Å². The van der Waals surface area contributed by atoms with E-state index in [2.05, 4.69) is 10.1 Å². The van der Waals surface area contributed by atoms with Gasteiger partial charge in [0, 0.05) is 0 Å². The highest BCUT2D eigenvalue weighted by Gasteiger charge is 2.82. The van der Waals surface area contributed by atoms with Crippen LogP contribution in [-0.4, -0.2) is 54.7 Å². The number of esters is 1. The lowest BCUT2D eigenvalue weighted by atomic mass is 9.91. The van der Waals surface area contributed by atoms with Gasteiger partial charge in [0.25, 0.3) is 0 Å². The van der Waals surface area contributed by atoms with Gasteiger partial charge < -0.3 is 25.4 Å². The van der Waals surface area contributed by atoms with Crippen LogP contribution in [0.4, 0.5) is 5.82 Å². The average Bonchev–Trinajstić information content (AvgIpc) is 2.88. The van der Waals surface area contributed by atoms with Crippen LogP contribution in [0.3, 0.4) is 0 Å². The van der Waals surface area contributed by atoms with Gasteiger partial charge in [0.05, 0.1) is 11.1 Å². The van der Waals surface area contributed by atoms with E-state index >= 15 is 0 Å². The highest BCUT2D eigenvalue weighted by molar-refractivity contribution is 5.76. The summed E-state index contributed by atoms with van der Waals surface area (Å²) in [6.07, 6.45) is -1.71. The maximum atomic E-state index is 12.1. The summed E-state index contributed by atoms with van der Waals surface area (Å²) in [5, 5.41) is 25.9. The molecule has 140 valence electrons. The van der Waals surface area contributed by atoms with E-state index in [4.69, 9.17) is 15.2 Å². The molecule has 0 spiro atoms. The van der Waals surface area contributed by atoms with Gasteiger partial charge in [0.1, 0.15) is 29.7 Å². The third-order valence-corrected chi connectivity index (χ3v) is 5.25. The number of rotatable bonds is 2. The molecular formula is C17H22N4O5. The quantitative estimate of drug-likeness (QED) is 0.636. The zero-order valence-electron chi connectivity index (χ0n) is 15.0. The molecule has 3 heterocycles. The fourth-order valence-electron chi connectivity index (χ4n) is 3.55. The van der Waals surface area contributed by atoms with E-state index in [0.29, 0.717) is 17.0 Å². The lowest BCUT2D eigenvalue weighted by Gasteiger charge is -2.32. The zero-order chi connectivity index (χ0) is 19.1. The third-order valence-electron chi connectivity index (χ3n) is 5.25. The van der Waals surface area contributed by atoms with Crippen molar-refractivity contribution in [2.75, 3.05) is 5.73 Å². The normalized spacial score (nSPS) is 36.2. The van der Waals surface area contributed by atoms with Crippen molar-refractivity contribution >= 4 is 17.3 Å². The molecule has 1 saturated carbocycles. The van der Waals surface area contributed by atoms with Crippen LogP contribution in [0, 0.1) is 5.41 Å². The van der Waals surface area contributed by atoms with Gasteiger partial charge in [0.15, 0.2) is 17.5 Å². The van der Waals surface area contributed by atoms with Gasteiger partial charge in [-0.25, -0.2) is 9.50 Å². The number of ether oxygens (including phenoxy) is 2. The van der Waals surface area contributed by atoms with Crippen molar-refractivity contribution in [2.24, 2.45) is 5.41 Å². The number of hydrogen-bond acceptors (Lipinski definition) is 8. The molecule has 0 radical (unpaired) electrons. The molecule has 0 bridgehead atoms. The third kappa shape index (κ3) is 2.04. The van der Waals surface area contributed by atoms with Crippen LogP contribution in [-0.2, 0) is 19.9 Å². The minimum Gasteiger partial charge on any atom is -0.456 e. The van der Waals surface area contributed by atoms with Gasteiger partial charge in [-0.05, 0) is 39.8 Å². The number of nitrogens with two attached hydrogens (primary N) is 1. The Hall–Kier alpha value is -2.23. The first-order chi connectivity index (χ1) is 12.0. The molecular weight excluding hydrogens is 340 g/mol. The predicted molar refractivity (Wildman–Crippen MR) is 89.9 cm³/mol. The lowest BCUT2D eigenvalue weighted by Crippen LogP contribution is -2.47. The van der Waals surface area contributed by atoms with Crippen molar-refractivity contribution in [2.45, 2.75) is 57.2 Å². The summed E-state index contributed by atoms with van der Waals surface area (Å²) in [6.45, 7) is 6.81. The molecule has 1 aliphatic heterocycles. The Balaban J connectivity index is 1.64. The molecule has 0 unspecified atom stereocenters. The molecule has 9 heteroatoms. The van der Waals surface area contributed by atoms with E-state index in [-0.39, 0.29) is 0 Å². The second-order valence-electron chi connectivity index (χ2n) is 8.17. The monoisotopic (exact) mass is 362 g/mol. The first-order valence-electron chi connectivity index (χ1n) is 8.39. The molecule has 0 amide bonds. The summed E-state index contributed by atoms with van der Waals surface area (Å²) in [4.78, 5) is 16.0. The summed E-state index contributed by atoms with van der Waals surface area (Å²) < 4.78 is 12.8. The van der Waals surface area contributed by atoms with E-state index < -0.39 is 40.9 Å². The maximum Gasteiger partial charge on any atom is 0.311 e. The minimum atomic E-state index is -1.65. The average molecular weight is 362 g/mol. The van der Waals surface area contributed by atoms with Crippen molar-refractivity contribution in [3.63, 3.8) is 0 Å². The molecule has 4 rings (SSSR count). The molecule has 2 fully saturated rings. The fraction of sp³-hybridized carbons (Fsp3) is 0.588. The molecule has 2 aromatic rings. The van der Waals surface area contributed by atoms with Crippen molar-refractivity contribution in [3.8, 4) is 0 Å². The van der Waals surface area contributed by atoms with E-state index in [9.17, 15) is 15.0 Å². The van der Waals surface area contributed by atoms with E-state index in [1.54, 1.807) is 39.8 Å². The summed E-state index contributed by atoms with van der Waals surface area (Å²) in [5.41, 5.74) is 3.33. The molecule has 1 aliphatic carbocycles. The second-order valence-corrected chi connectivity index (χ2v) is 8.17. The van der Waals surface area contributed by atoms with Crippen molar-refractivity contribution in [1.82, 2.24) is 14.6 Å². The molecule has 4 N–H and O–H groups in total. The maximum absolute atomic E-state index is 12.1. The highest BCUT2D eigenvalue weighted by atomic mass is 16.6. The van der Waals surface area contributed by atoms with Gasteiger partial charge in [-0.15, -0.1) is 0 Å². The van der Waals surface area contributed by atoms with E-state index in [1.807, 2.05) is 0 Å². The Morgan fingerprint density at radius 3 is 2.69 bits per heavy atom. The predicted octanol–water partition coefficient (Wildman–Crippen LogP) is -0.0110. The van der Waals surface area contributed by atoms with Gasteiger partial charge in [-0.3, -0.25) is 4.79 Å². The number of carbonyl (C=O) groups is 1. The summed E-state index contributed by atoms with van der Waals surface area (Å²) >= 11 is 0. The van der Waals surface area contributed by atoms with Crippen molar-refractivity contribution in [3.05, 3.63) is 24.2 Å². The Morgan fingerprint density at radius 1 is 1.42 bits per heavy atom. The minimum absolute atomic E-state index is 0.295. The zero-order valence-corrected chi connectivity index (χ0v) is 15.0.